The van der Waals surface area contributed by atoms with Crippen molar-refractivity contribution in [2.24, 2.45) is 0 Å². The van der Waals surface area contributed by atoms with Crippen molar-refractivity contribution in [1.29, 1.82) is 0 Å². The molecule has 0 aliphatic carbocycles. The fraction of sp³-hybridized carbons (Fsp3) is 0.727. The van der Waals surface area contributed by atoms with Crippen LogP contribution in [0.1, 0.15) is 40.5 Å². The van der Waals surface area contributed by atoms with Crippen LogP contribution < -0.4 is 0 Å². The van der Waals surface area contributed by atoms with Crippen molar-refractivity contribution < 1.29 is 14.3 Å². The van der Waals surface area contributed by atoms with Gasteiger partial charge in [-0.05, 0) is 34.1 Å². The number of carbonyl (C=O) groups is 1. The van der Waals surface area contributed by atoms with Crippen LogP contribution in [0.4, 0.5) is 0 Å². The monoisotopic (exact) mass is 198 g/mol. The van der Waals surface area contributed by atoms with Crippen LogP contribution in [0.3, 0.4) is 0 Å². The van der Waals surface area contributed by atoms with Crippen LogP contribution >= 0.6 is 0 Å². The molecule has 1 fully saturated rings. The van der Waals surface area contributed by atoms with Gasteiger partial charge in [-0.2, -0.15) is 0 Å². The lowest BCUT2D eigenvalue weighted by atomic mass is 10.2. The highest BCUT2D eigenvalue weighted by Crippen LogP contribution is 2.25. The van der Waals surface area contributed by atoms with Crippen molar-refractivity contribution in [1.82, 2.24) is 0 Å². The number of ether oxygens (including phenoxy) is 2. The molecule has 3 heteroatoms. The van der Waals surface area contributed by atoms with Gasteiger partial charge in [0.15, 0.2) is 0 Å². The fourth-order valence-corrected chi connectivity index (χ4v) is 1.39. The summed E-state index contributed by atoms with van der Waals surface area (Å²) >= 11 is 0. The Morgan fingerprint density at radius 1 is 1.57 bits per heavy atom. The minimum Gasteiger partial charge on any atom is -0.495 e. The maximum absolute atomic E-state index is 11.5. The molecule has 0 spiro atoms. The largest absolute Gasteiger partial charge is 0.495 e. The third-order valence-corrected chi connectivity index (χ3v) is 2.19. The molecule has 0 aromatic carbocycles. The molecule has 0 bridgehead atoms. The Morgan fingerprint density at radius 2 is 2.21 bits per heavy atom. The Balaban J connectivity index is 2.63. The van der Waals surface area contributed by atoms with Crippen LogP contribution in [-0.2, 0) is 14.3 Å². The quantitative estimate of drug-likeness (QED) is 0.505. The maximum Gasteiger partial charge on any atom is 0.337 e. The molecule has 0 amide bonds. The highest BCUT2D eigenvalue weighted by molar-refractivity contribution is 5.88. The third kappa shape index (κ3) is 2.76. The molecule has 0 radical (unpaired) electrons. The first-order valence-electron chi connectivity index (χ1n) is 5.08. The van der Waals surface area contributed by atoms with Gasteiger partial charge in [-0.1, -0.05) is 0 Å². The van der Waals surface area contributed by atoms with Crippen LogP contribution in [0.2, 0.25) is 0 Å². The summed E-state index contributed by atoms with van der Waals surface area (Å²) in [6.07, 6.45) is 1.99. The summed E-state index contributed by atoms with van der Waals surface area (Å²) < 4.78 is 10.6. The molecule has 1 aliphatic heterocycles. The lowest BCUT2D eigenvalue weighted by molar-refractivity contribution is -0.142. The summed E-state index contributed by atoms with van der Waals surface area (Å²) in [5.74, 6) is 0.534. The molecule has 3 nitrogen and oxygen atoms in total. The predicted octanol–water partition coefficient (Wildman–Crippen LogP) is 2.41. The fourth-order valence-electron chi connectivity index (χ4n) is 1.39. The molecule has 1 heterocycles. The Morgan fingerprint density at radius 3 is 2.64 bits per heavy atom. The SMILES string of the molecule is C/C(C(=O)OC(C)C)=C1/CCC(C)O1. The van der Waals surface area contributed by atoms with Gasteiger partial charge in [-0.15, -0.1) is 0 Å². The van der Waals surface area contributed by atoms with Crippen LogP contribution in [0.5, 0.6) is 0 Å². The van der Waals surface area contributed by atoms with E-state index in [4.69, 9.17) is 9.47 Å². The maximum atomic E-state index is 11.5. The Hall–Kier alpha value is -0.990. The Bertz CT molecular complexity index is 253. The minimum atomic E-state index is -0.260. The van der Waals surface area contributed by atoms with E-state index >= 15 is 0 Å². The van der Waals surface area contributed by atoms with Crippen LogP contribution in [0.25, 0.3) is 0 Å². The molecule has 0 saturated carbocycles. The molecule has 0 aromatic rings. The summed E-state index contributed by atoms with van der Waals surface area (Å²) in [4.78, 5) is 11.5. The van der Waals surface area contributed by atoms with Crippen molar-refractivity contribution in [2.45, 2.75) is 52.7 Å². The van der Waals surface area contributed by atoms with Gasteiger partial charge in [0, 0.05) is 6.42 Å². The molecule has 0 aromatic heterocycles. The lowest BCUT2D eigenvalue weighted by Crippen LogP contribution is -2.13. The molecular formula is C11H18O3. The van der Waals surface area contributed by atoms with Gasteiger partial charge in [0.2, 0.25) is 0 Å². The Labute approximate surface area is 85.1 Å². The van der Waals surface area contributed by atoms with Crippen LogP contribution in [-0.4, -0.2) is 18.2 Å². The number of hydrogen-bond donors (Lipinski definition) is 0. The van der Waals surface area contributed by atoms with E-state index in [0.29, 0.717) is 5.57 Å². The summed E-state index contributed by atoms with van der Waals surface area (Å²) in [6.45, 7) is 7.45. The molecule has 0 N–H and O–H groups in total. The first-order valence-corrected chi connectivity index (χ1v) is 5.08. The normalized spacial score (nSPS) is 24.8. The van der Waals surface area contributed by atoms with Gasteiger partial charge >= 0.3 is 5.97 Å². The van der Waals surface area contributed by atoms with E-state index in [9.17, 15) is 4.79 Å². The molecule has 1 unspecified atom stereocenters. The van der Waals surface area contributed by atoms with Gasteiger partial charge in [0.1, 0.15) is 5.76 Å². The van der Waals surface area contributed by atoms with E-state index < -0.39 is 0 Å². The van der Waals surface area contributed by atoms with Gasteiger partial charge in [0.25, 0.3) is 0 Å². The molecule has 1 atom stereocenters. The average molecular weight is 198 g/mol. The Kier molecular flexibility index (Phi) is 3.55. The first-order chi connectivity index (χ1) is 6.50. The number of allylic oxidation sites excluding steroid dienone is 1. The topological polar surface area (TPSA) is 35.5 Å². The highest BCUT2D eigenvalue weighted by Gasteiger charge is 2.22. The second-order valence-corrected chi connectivity index (χ2v) is 3.97. The van der Waals surface area contributed by atoms with Gasteiger partial charge in [-0.25, -0.2) is 4.79 Å². The van der Waals surface area contributed by atoms with Crippen molar-refractivity contribution in [2.75, 3.05) is 0 Å². The van der Waals surface area contributed by atoms with Crippen molar-refractivity contribution in [3.8, 4) is 0 Å². The molecule has 1 aliphatic rings. The van der Waals surface area contributed by atoms with Crippen molar-refractivity contribution >= 4 is 5.97 Å². The van der Waals surface area contributed by atoms with Gasteiger partial charge in [0.05, 0.1) is 17.8 Å². The van der Waals surface area contributed by atoms with Crippen molar-refractivity contribution in [3.63, 3.8) is 0 Å². The number of carbonyl (C=O) groups excluding carboxylic acids is 1. The van der Waals surface area contributed by atoms with Crippen LogP contribution in [0.15, 0.2) is 11.3 Å². The van der Waals surface area contributed by atoms with Crippen LogP contribution in [0, 0.1) is 0 Å². The van der Waals surface area contributed by atoms with E-state index in [-0.39, 0.29) is 18.2 Å². The van der Waals surface area contributed by atoms with Gasteiger partial charge in [-0.3, -0.25) is 0 Å². The predicted molar refractivity (Wildman–Crippen MR) is 53.7 cm³/mol. The molecule has 1 rings (SSSR count). The van der Waals surface area contributed by atoms with E-state index in [2.05, 4.69) is 0 Å². The third-order valence-electron chi connectivity index (χ3n) is 2.19. The lowest BCUT2D eigenvalue weighted by Gasteiger charge is -2.10. The second-order valence-electron chi connectivity index (χ2n) is 3.97. The zero-order valence-corrected chi connectivity index (χ0v) is 9.29. The van der Waals surface area contributed by atoms with E-state index in [1.807, 2.05) is 20.8 Å². The number of hydrogen-bond acceptors (Lipinski definition) is 3. The second kappa shape index (κ2) is 4.49. The molecule has 80 valence electrons. The van der Waals surface area contributed by atoms with Crippen molar-refractivity contribution in [3.05, 3.63) is 11.3 Å². The smallest absolute Gasteiger partial charge is 0.337 e. The first kappa shape index (κ1) is 11.1. The van der Waals surface area contributed by atoms with Gasteiger partial charge < -0.3 is 9.47 Å². The average Bonchev–Trinajstić information content (AvgIpc) is 2.49. The molecular weight excluding hydrogens is 180 g/mol. The molecule has 14 heavy (non-hydrogen) atoms. The minimum absolute atomic E-state index is 0.0723. The highest BCUT2D eigenvalue weighted by atomic mass is 16.5. The zero-order valence-electron chi connectivity index (χ0n) is 9.29. The summed E-state index contributed by atoms with van der Waals surface area (Å²) in [5.41, 5.74) is 0.614. The summed E-state index contributed by atoms with van der Waals surface area (Å²) in [7, 11) is 0. The number of rotatable bonds is 2. The summed E-state index contributed by atoms with van der Waals surface area (Å²) in [6, 6.07) is 0. The molecule has 1 saturated heterocycles. The zero-order chi connectivity index (χ0) is 10.7. The van der Waals surface area contributed by atoms with E-state index in [1.165, 1.54) is 0 Å². The number of esters is 1. The standard InChI is InChI=1S/C11H18O3/c1-7(2)13-11(12)9(4)10-6-5-8(3)14-10/h7-8H,5-6H2,1-4H3/b10-9+. The van der Waals surface area contributed by atoms with E-state index in [0.717, 1.165) is 18.6 Å². The van der Waals surface area contributed by atoms with E-state index in [1.54, 1.807) is 6.92 Å². The summed E-state index contributed by atoms with van der Waals surface area (Å²) in [5, 5.41) is 0.